The van der Waals surface area contributed by atoms with Crippen LogP contribution in [0.1, 0.15) is 38.2 Å². The van der Waals surface area contributed by atoms with E-state index >= 15 is 0 Å². The third-order valence-electron chi connectivity index (χ3n) is 4.49. The van der Waals surface area contributed by atoms with Gasteiger partial charge in [0.2, 0.25) is 5.91 Å². The SMILES string of the molecule is CSCCC(C(=O)NCc1nc2ccccc2n1C(C)C)n1cccc1. The number of nitrogens with one attached hydrogen (secondary N) is 1. The zero-order chi connectivity index (χ0) is 18.5. The van der Waals surface area contributed by atoms with Crippen LogP contribution in [-0.4, -0.2) is 32.0 Å². The summed E-state index contributed by atoms with van der Waals surface area (Å²) in [6, 6.07) is 12.1. The molecular formula is C20H26N4OS. The van der Waals surface area contributed by atoms with E-state index < -0.39 is 0 Å². The fourth-order valence-corrected chi connectivity index (χ4v) is 3.74. The summed E-state index contributed by atoms with van der Waals surface area (Å²) in [5.41, 5.74) is 2.07. The highest BCUT2D eigenvalue weighted by Gasteiger charge is 2.20. The van der Waals surface area contributed by atoms with Crippen LogP contribution in [0.25, 0.3) is 11.0 Å². The molecule has 138 valence electrons. The number of amides is 1. The van der Waals surface area contributed by atoms with E-state index in [2.05, 4.69) is 36.1 Å². The molecule has 6 heteroatoms. The van der Waals surface area contributed by atoms with E-state index in [1.54, 1.807) is 11.8 Å². The van der Waals surface area contributed by atoms with Gasteiger partial charge < -0.3 is 14.5 Å². The number of carbonyl (C=O) groups is 1. The number of para-hydroxylation sites is 2. The third kappa shape index (κ3) is 3.96. The summed E-state index contributed by atoms with van der Waals surface area (Å²) in [6.45, 7) is 4.71. The second kappa shape index (κ2) is 8.45. The standard InChI is InChI=1S/C20H26N4OS/c1-15(2)24-17-9-5-4-8-16(17)22-19(24)14-21-20(25)18(10-13-26-3)23-11-6-7-12-23/h4-9,11-12,15,18H,10,13-14H2,1-3H3,(H,21,25). The van der Waals surface area contributed by atoms with Gasteiger partial charge in [0.15, 0.2) is 0 Å². The van der Waals surface area contributed by atoms with Crippen LogP contribution in [0.3, 0.4) is 0 Å². The number of aromatic nitrogens is 3. The van der Waals surface area contributed by atoms with Gasteiger partial charge in [-0.1, -0.05) is 12.1 Å². The zero-order valence-electron chi connectivity index (χ0n) is 15.6. The average molecular weight is 371 g/mol. The van der Waals surface area contributed by atoms with E-state index in [0.29, 0.717) is 6.54 Å². The van der Waals surface area contributed by atoms with Gasteiger partial charge in [-0.3, -0.25) is 4.79 Å². The number of benzene rings is 1. The maximum Gasteiger partial charge on any atom is 0.243 e. The van der Waals surface area contributed by atoms with Crippen LogP contribution >= 0.6 is 11.8 Å². The molecule has 5 nitrogen and oxygen atoms in total. The molecule has 0 aliphatic carbocycles. The minimum Gasteiger partial charge on any atom is -0.347 e. The van der Waals surface area contributed by atoms with Crippen molar-refractivity contribution >= 4 is 28.7 Å². The molecule has 0 spiro atoms. The summed E-state index contributed by atoms with van der Waals surface area (Å²) in [6.07, 6.45) is 6.78. The number of hydrogen-bond donors (Lipinski definition) is 1. The molecule has 2 aromatic heterocycles. The molecule has 0 aliphatic rings. The second-order valence-corrected chi connectivity index (χ2v) is 7.61. The van der Waals surface area contributed by atoms with E-state index in [0.717, 1.165) is 29.0 Å². The quantitative estimate of drug-likeness (QED) is 0.651. The molecule has 0 aliphatic heterocycles. The molecular weight excluding hydrogens is 344 g/mol. The highest BCUT2D eigenvalue weighted by molar-refractivity contribution is 7.98. The molecule has 1 aromatic carbocycles. The van der Waals surface area contributed by atoms with Gasteiger partial charge in [0.1, 0.15) is 11.9 Å². The number of nitrogens with zero attached hydrogens (tertiary/aromatic N) is 3. The molecule has 0 saturated carbocycles. The molecule has 3 rings (SSSR count). The zero-order valence-corrected chi connectivity index (χ0v) is 16.4. The Bertz CT molecular complexity index is 854. The largest absolute Gasteiger partial charge is 0.347 e. The Balaban J connectivity index is 1.78. The molecule has 1 atom stereocenters. The van der Waals surface area contributed by atoms with Crippen LogP contribution < -0.4 is 5.32 Å². The van der Waals surface area contributed by atoms with Gasteiger partial charge in [-0.25, -0.2) is 4.98 Å². The summed E-state index contributed by atoms with van der Waals surface area (Å²) in [7, 11) is 0. The molecule has 1 unspecified atom stereocenters. The van der Waals surface area contributed by atoms with E-state index in [4.69, 9.17) is 4.98 Å². The van der Waals surface area contributed by atoms with Gasteiger partial charge in [0.05, 0.1) is 17.6 Å². The predicted octanol–water partition coefficient (Wildman–Crippen LogP) is 4.03. The van der Waals surface area contributed by atoms with Crippen LogP contribution in [0, 0.1) is 0 Å². The normalized spacial score (nSPS) is 12.6. The van der Waals surface area contributed by atoms with Gasteiger partial charge in [-0.05, 0) is 56.5 Å². The topological polar surface area (TPSA) is 51.9 Å². The second-order valence-electron chi connectivity index (χ2n) is 6.63. The van der Waals surface area contributed by atoms with E-state index in [1.807, 2.05) is 47.3 Å². The van der Waals surface area contributed by atoms with Crippen molar-refractivity contribution in [2.75, 3.05) is 12.0 Å². The van der Waals surface area contributed by atoms with Crippen molar-refractivity contribution < 1.29 is 4.79 Å². The Hall–Kier alpha value is -2.21. The van der Waals surface area contributed by atoms with Gasteiger partial charge >= 0.3 is 0 Å². The molecule has 0 fully saturated rings. The van der Waals surface area contributed by atoms with Crippen LogP contribution in [0.15, 0.2) is 48.8 Å². The first-order valence-electron chi connectivity index (χ1n) is 8.96. The van der Waals surface area contributed by atoms with Crippen molar-refractivity contribution in [3.05, 3.63) is 54.6 Å². The van der Waals surface area contributed by atoms with Crippen molar-refractivity contribution in [1.29, 1.82) is 0 Å². The lowest BCUT2D eigenvalue weighted by Crippen LogP contribution is -2.33. The minimum atomic E-state index is -0.186. The highest BCUT2D eigenvalue weighted by Crippen LogP contribution is 2.21. The van der Waals surface area contributed by atoms with Gasteiger partial charge in [-0.2, -0.15) is 11.8 Å². The number of carbonyl (C=O) groups excluding carboxylic acids is 1. The molecule has 26 heavy (non-hydrogen) atoms. The summed E-state index contributed by atoms with van der Waals surface area (Å²) in [5.74, 6) is 1.88. The van der Waals surface area contributed by atoms with Crippen LogP contribution in [0.5, 0.6) is 0 Å². The lowest BCUT2D eigenvalue weighted by Gasteiger charge is -2.19. The maximum atomic E-state index is 12.8. The average Bonchev–Trinajstić information content (AvgIpc) is 3.27. The van der Waals surface area contributed by atoms with Crippen molar-refractivity contribution in [2.45, 2.75) is 38.9 Å². The monoisotopic (exact) mass is 370 g/mol. The first-order valence-corrected chi connectivity index (χ1v) is 10.4. The summed E-state index contributed by atoms with van der Waals surface area (Å²) >= 11 is 1.76. The lowest BCUT2D eigenvalue weighted by atomic mass is 10.2. The molecule has 0 saturated heterocycles. The summed E-state index contributed by atoms with van der Waals surface area (Å²) < 4.78 is 4.18. The number of rotatable bonds is 8. The third-order valence-corrected chi connectivity index (χ3v) is 5.14. The Morgan fingerprint density at radius 3 is 2.62 bits per heavy atom. The van der Waals surface area contributed by atoms with Crippen molar-refractivity contribution in [3.8, 4) is 0 Å². The Morgan fingerprint density at radius 2 is 1.92 bits per heavy atom. The molecule has 1 amide bonds. The molecule has 0 bridgehead atoms. The first-order chi connectivity index (χ1) is 12.6. The van der Waals surface area contributed by atoms with Crippen molar-refractivity contribution in [2.24, 2.45) is 0 Å². The highest BCUT2D eigenvalue weighted by atomic mass is 32.2. The lowest BCUT2D eigenvalue weighted by molar-refractivity contribution is -0.124. The first kappa shape index (κ1) is 18.6. The Kier molecular flexibility index (Phi) is 6.04. The summed E-state index contributed by atoms with van der Waals surface area (Å²) in [4.78, 5) is 17.6. The molecule has 1 N–H and O–H groups in total. The number of thioether (sulfide) groups is 1. The van der Waals surface area contributed by atoms with Crippen LogP contribution in [-0.2, 0) is 11.3 Å². The maximum absolute atomic E-state index is 12.8. The van der Waals surface area contributed by atoms with Crippen LogP contribution in [0.4, 0.5) is 0 Å². The molecule has 3 aromatic rings. The van der Waals surface area contributed by atoms with Gasteiger partial charge in [-0.15, -0.1) is 0 Å². The van der Waals surface area contributed by atoms with Gasteiger partial charge in [0.25, 0.3) is 0 Å². The number of imidazole rings is 1. The van der Waals surface area contributed by atoms with Crippen LogP contribution in [0.2, 0.25) is 0 Å². The van der Waals surface area contributed by atoms with E-state index in [1.165, 1.54) is 0 Å². The fraction of sp³-hybridized carbons (Fsp3) is 0.400. The Labute approximate surface area is 158 Å². The smallest absolute Gasteiger partial charge is 0.243 e. The van der Waals surface area contributed by atoms with E-state index in [9.17, 15) is 4.79 Å². The molecule has 0 radical (unpaired) electrons. The van der Waals surface area contributed by atoms with E-state index in [-0.39, 0.29) is 18.0 Å². The Morgan fingerprint density at radius 1 is 1.19 bits per heavy atom. The van der Waals surface area contributed by atoms with Crippen molar-refractivity contribution in [3.63, 3.8) is 0 Å². The predicted molar refractivity (Wildman–Crippen MR) is 108 cm³/mol. The fourth-order valence-electron chi connectivity index (χ4n) is 3.28. The van der Waals surface area contributed by atoms with Gasteiger partial charge in [0, 0.05) is 18.4 Å². The number of fused-ring (bicyclic) bond motifs is 1. The molecule has 2 heterocycles. The number of hydrogen-bond acceptors (Lipinski definition) is 3. The summed E-state index contributed by atoms with van der Waals surface area (Å²) in [5, 5.41) is 3.10. The minimum absolute atomic E-state index is 0.0395. The van der Waals surface area contributed by atoms with Crippen molar-refractivity contribution in [1.82, 2.24) is 19.4 Å².